The van der Waals surface area contributed by atoms with Crippen molar-refractivity contribution >= 4 is 5.91 Å². The lowest BCUT2D eigenvalue weighted by Crippen LogP contribution is -2.43. The number of H-pyrrole nitrogens is 1. The van der Waals surface area contributed by atoms with Gasteiger partial charge in [-0.1, -0.05) is 0 Å². The first-order valence-corrected chi connectivity index (χ1v) is 7.10. The van der Waals surface area contributed by atoms with Crippen LogP contribution in [-0.2, 0) is 11.2 Å². The summed E-state index contributed by atoms with van der Waals surface area (Å²) in [5, 5.41) is 6.24. The van der Waals surface area contributed by atoms with Gasteiger partial charge in [0.25, 0.3) is 0 Å². The molecule has 1 fully saturated rings. The lowest BCUT2D eigenvalue weighted by atomic mass is 10.1. The average Bonchev–Trinajstić information content (AvgIpc) is 3.08. The summed E-state index contributed by atoms with van der Waals surface area (Å²) in [7, 11) is 0. The highest BCUT2D eigenvalue weighted by molar-refractivity contribution is 5.83. The molecule has 1 unspecified atom stereocenters. The largest absolute Gasteiger partial charge is 0.353 e. The second-order valence-electron chi connectivity index (χ2n) is 5.24. The molecule has 0 aliphatic carbocycles. The topological polar surface area (TPSA) is 73.1 Å². The van der Waals surface area contributed by atoms with Crippen molar-refractivity contribution in [2.24, 2.45) is 0 Å². The first kappa shape index (κ1) is 12.6. The van der Waals surface area contributed by atoms with Crippen LogP contribution in [0.5, 0.6) is 0 Å². The van der Waals surface area contributed by atoms with E-state index in [1.165, 1.54) is 25.9 Å². The number of imidazole rings is 1. The van der Waals surface area contributed by atoms with Crippen LogP contribution in [0.25, 0.3) is 0 Å². The van der Waals surface area contributed by atoms with Gasteiger partial charge in [-0.25, -0.2) is 4.98 Å². The lowest BCUT2D eigenvalue weighted by molar-refractivity contribution is -0.123. The van der Waals surface area contributed by atoms with Gasteiger partial charge in [0.1, 0.15) is 6.04 Å². The molecule has 19 heavy (non-hydrogen) atoms. The van der Waals surface area contributed by atoms with Gasteiger partial charge < -0.3 is 20.5 Å². The van der Waals surface area contributed by atoms with E-state index < -0.39 is 0 Å². The van der Waals surface area contributed by atoms with Crippen molar-refractivity contribution in [1.29, 1.82) is 0 Å². The number of likely N-dealkylation sites (tertiary alicyclic amines) is 1. The first-order valence-electron chi connectivity index (χ1n) is 7.10. The molecular weight excluding hydrogens is 242 g/mol. The molecule has 0 bridgehead atoms. The fourth-order valence-electron chi connectivity index (χ4n) is 2.88. The van der Waals surface area contributed by atoms with Crippen LogP contribution in [0.4, 0.5) is 0 Å². The Morgan fingerprint density at radius 2 is 2.32 bits per heavy atom. The molecule has 6 heteroatoms. The van der Waals surface area contributed by atoms with E-state index in [1.807, 2.05) is 0 Å². The van der Waals surface area contributed by atoms with Gasteiger partial charge in [-0.3, -0.25) is 4.79 Å². The van der Waals surface area contributed by atoms with Crippen LogP contribution in [-0.4, -0.2) is 53.5 Å². The minimum atomic E-state index is -0.298. The highest BCUT2D eigenvalue weighted by Crippen LogP contribution is 2.18. The Balaban J connectivity index is 1.51. The number of aromatic nitrogens is 2. The number of nitrogens with zero attached hydrogens (tertiary/aromatic N) is 2. The zero-order valence-corrected chi connectivity index (χ0v) is 11.1. The van der Waals surface area contributed by atoms with Crippen LogP contribution in [0, 0.1) is 0 Å². The fraction of sp³-hybridized carbons (Fsp3) is 0.692. The van der Waals surface area contributed by atoms with Crippen LogP contribution in [0.2, 0.25) is 0 Å². The maximum atomic E-state index is 12.2. The second-order valence-corrected chi connectivity index (χ2v) is 5.24. The molecule has 2 aliphatic rings. The van der Waals surface area contributed by atoms with E-state index in [-0.39, 0.29) is 11.9 Å². The molecule has 0 saturated carbocycles. The second kappa shape index (κ2) is 5.71. The third kappa shape index (κ3) is 2.79. The van der Waals surface area contributed by atoms with Crippen LogP contribution in [0.15, 0.2) is 6.33 Å². The Labute approximate surface area is 113 Å². The molecule has 2 aliphatic heterocycles. The van der Waals surface area contributed by atoms with E-state index >= 15 is 0 Å². The number of carbonyl (C=O) groups excluding carboxylic acids is 1. The normalized spacial score (nSPS) is 23.3. The number of hydrogen-bond acceptors (Lipinski definition) is 4. The molecule has 1 saturated heterocycles. The zero-order chi connectivity index (χ0) is 13.1. The third-order valence-electron chi connectivity index (χ3n) is 3.94. The van der Waals surface area contributed by atoms with Gasteiger partial charge in [0.2, 0.25) is 5.91 Å². The van der Waals surface area contributed by atoms with Crippen molar-refractivity contribution < 1.29 is 4.79 Å². The van der Waals surface area contributed by atoms with Crippen molar-refractivity contribution in [3.05, 3.63) is 17.7 Å². The van der Waals surface area contributed by atoms with Crippen molar-refractivity contribution in [2.75, 3.05) is 32.7 Å². The van der Waals surface area contributed by atoms with Gasteiger partial charge in [0, 0.05) is 31.7 Å². The molecule has 6 nitrogen and oxygen atoms in total. The summed E-state index contributed by atoms with van der Waals surface area (Å²) in [6.45, 7) is 4.82. The Bertz CT molecular complexity index is 438. The summed E-state index contributed by atoms with van der Waals surface area (Å²) in [6, 6.07) is -0.298. The van der Waals surface area contributed by atoms with Crippen LogP contribution >= 0.6 is 0 Å². The summed E-state index contributed by atoms with van der Waals surface area (Å²) < 4.78 is 0. The molecule has 0 aromatic carbocycles. The van der Waals surface area contributed by atoms with Crippen LogP contribution in [0.1, 0.15) is 30.3 Å². The Morgan fingerprint density at radius 3 is 3.16 bits per heavy atom. The number of aromatic amines is 1. The Kier molecular flexibility index (Phi) is 3.79. The number of nitrogens with one attached hydrogen (secondary N) is 3. The predicted octanol–water partition coefficient (Wildman–Crippen LogP) is -0.191. The average molecular weight is 263 g/mol. The number of amides is 1. The molecule has 3 heterocycles. The highest BCUT2D eigenvalue weighted by Gasteiger charge is 2.28. The maximum Gasteiger partial charge on any atom is 0.243 e. The van der Waals surface area contributed by atoms with E-state index in [0.717, 1.165) is 37.4 Å². The molecule has 1 atom stereocenters. The third-order valence-corrected chi connectivity index (χ3v) is 3.94. The molecule has 3 N–H and O–H groups in total. The SMILES string of the molecule is O=C(NCCN1CCCC1)C1NCCc2[nH]cnc21. The van der Waals surface area contributed by atoms with Crippen LogP contribution in [0.3, 0.4) is 0 Å². The molecule has 0 spiro atoms. The van der Waals surface area contributed by atoms with E-state index in [1.54, 1.807) is 6.33 Å². The van der Waals surface area contributed by atoms with Gasteiger partial charge in [-0.05, 0) is 25.9 Å². The van der Waals surface area contributed by atoms with Crippen molar-refractivity contribution in [3.63, 3.8) is 0 Å². The monoisotopic (exact) mass is 263 g/mol. The first-order chi connectivity index (χ1) is 9.34. The van der Waals surface area contributed by atoms with Crippen LogP contribution < -0.4 is 10.6 Å². The van der Waals surface area contributed by atoms with Gasteiger partial charge in [-0.2, -0.15) is 0 Å². The minimum absolute atomic E-state index is 0.0345. The standard InChI is InChI=1S/C13H21N5O/c19-13(15-5-8-18-6-1-2-7-18)12-11-10(3-4-14-12)16-9-17-11/h9,12,14H,1-8H2,(H,15,19)(H,16,17). The van der Waals surface area contributed by atoms with E-state index in [4.69, 9.17) is 0 Å². The smallest absolute Gasteiger partial charge is 0.243 e. The lowest BCUT2D eigenvalue weighted by Gasteiger charge is -2.23. The summed E-state index contributed by atoms with van der Waals surface area (Å²) in [5.74, 6) is 0.0345. The number of hydrogen-bond donors (Lipinski definition) is 3. The molecule has 0 radical (unpaired) electrons. The van der Waals surface area contributed by atoms with Gasteiger partial charge >= 0.3 is 0 Å². The summed E-state index contributed by atoms with van der Waals surface area (Å²) >= 11 is 0. The molecule has 104 valence electrons. The molecule has 1 aromatic heterocycles. The number of carbonyl (C=O) groups is 1. The van der Waals surface area contributed by atoms with Crippen molar-refractivity contribution in [3.8, 4) is 0 Å². The van der Waals surface area contributed by atoms with Gasteiger partial charge in [-0.15, -0.1) is 0 Å². The molecule has 3 rings (SSSR count). The molecule has 1 aromatic rings. The summed E-state index contributed by atoms with van der Waals surface area (Å²) in [4.78, 5) is 21.9. The van der Waals surface area contributed by atoms with Crippen molar-refractivity contribution in [2.45, 2.75) is 25.3 Å². The minimum Gasteiger partial charge on any atom is -0.353 e. The van der Waals surface area contributed by atoms with E-state index in [2.05, 4.69) is 25.5 Å². The quantitative estimate of drug-likeness (QED) is 0.704. The van der Waals surface area contributed by atoms with Gasteiger partial charge in [0.05, 0.1) is 12.0 Å². The van der Waals surface area contributed by atoms with E-state index in [9.17, 15) is 4.79 Å². The fourth-order valence-corrected chi connectivity index (χ4v) is 2.88. The Morgan fingerprint density at radius 1 is 1.47 bits per heavy atom. The zero-order valence-electron chi connectivity index (χ0n) is 11.1. The maximum absolute atomic E-state index is 12.2. The number of rotatable bonds is 4. The van der Waals surface area contributed by atoms with E-state index in [0.29, 0.717) is 0 Å². The molecule has 1 amide bonds. The number of fused-ring (bicyclic) bond motifs is 1. The Hall–Kier alpha value is -1.40. The highest BCUT2D eigenvalue weighted by atomic mass is 16.2. The van der Waals surface area contributed by atoms with Gasteiger partial charge in [0.15, 0.2) is 0 Å². The molecular formula is C13H21N5O. The summed E-state index contributed by atoms with van der Waals surface area (Å²) in [6.07, 6.45) is 5.15. The van der Waals surface area contributed by atoms with Crippen molar-refractivity contribution in [1.82, 2.24) is 25.5 Å². The predicted molar refractivity (Wildman–Crippen MR) is 71.7 cm³/mol. The summed E-state index contributed by atoms with van der Waals surface area (Å²) in [5.41, 5.74) is 1.93.